The number of para-hydroxylation sites is 2. The number of rotatable bonds is 2. The van der Waals surface area contributed by atoms with Crippen molar-refractivity contribution in [1.29, 1.82) is 0 Å². The summed E-state index contributed by atoms with van der Waals surface area (Å²) in [6.07, 6.45) is 1.89. The van der Waals surface area contributed by atoms with Crippen molar-refractivity contribution in [2.75, 3.05) is 9.80 Å². The van der Waals surface area contributed by atoms with Gasteiger partial charge < -0.3 is 9.80 Å². The molecule has 0 saturated carbocycles. The minimum absolute atomic E-state index is 0.103. The van der Waals surface area contributed by atoms with Crippen LogP contribution in [-0.2, 0) is 23.7 Å². The average molecular weight is 677 g/mol. The summed E-state index contributed by atoms with van der Waals surface area (Å²) >= 11 is 0. The maximum absolute atomic E-state index is 2.74. The second kappa shape index (κ2) is 9.22. The number of benzene rings is 7. The average Bonchev–Trinajstić information content (AvgIpc) is 3.18. The minimum atomic E-state index is -0.163. The summed E-state index contributed by atoms with van der Waals surface area (Å²) in [6.45, 7) is 10.0. The van der Waals surface area contributed by atoms with E-state index in [-0.39, 0.29) is 17.5 Å². The molecule has 6 heterocycles. The highest BCUT2D eigenvalue weighted by Gasteiger charge is 2.55. The highest BCUT2D eigenvalue weighted by Crippen LogP contribution is 2.63. The Morgan fingerprint density at radius 3 is 1.30 bits per heavy atom. The van der Waals surface area contributed by atoms with Gasteiger partial charge in [-0.1, -0.05) is 137 Å². The van der Waals surface area contributed by atoms with Crippen LogP contribution in [0, 0.1) is 0 Å². The molecule has 7 aromatic rings. The second-order valence-corrected chi connectivity index (χ2v) is 17.3. The van der Waals surface area contributed by atoms with Crippen molar-refractivity contribution in [2.45, 2.75) is 51.4 Å². The summed E-state index contributed by atoms with van der Waals surface area (Å²) in [7, 11) is 0. The summed E-state index contributed by atoms with van der Waals surface area (Å²) in [4.78, 5) is 5.48. The molecule has 53 heavy (non-hydrogen) atoms. The molecule has 6 aliphatic heterocycles. The zero-order valence-electron chi connectivity index (χ0n) is 30.5. The second-order valence-electron chi connectivity index (χ2n) is 17.3. The monoisotopic (exact) mass is 676 g/mol. The summed E-state index contributed by atoms with van der Waals surface area (Å²) < 4.78 is 0. The largest absolute Gasteiger partial charge is 0.310 e. The van der Waals surface area contributed by atoms with Crippen LogP contribution in [0.2, 0.25) is 0 Å². The fraction of sp³-hybridized carbons (Fsp3) is 0.160. The van der Waals surface area contributed by atoms with Gasteiger partial charge in [0.25, 0.3) is 6.71 Å². The van der Waals surface area contributed by atoms with Gasteiger partial charge in [-0.3, -0.25) is 0 Å². The quantitative estimate of drug-likeness (QED) is 0.168. The first-order valence-electron chi connectivity index (χ1n) is 19.3. The van der Waals surface area contributed by atoms with E-state index < -0.39 is 0 Å². The van der Waals surface area contributed by atoms with E-state index in [1.54, 1.807) is 0 Å². The zero-order valence-corrected chi connectivity index (χ0v) is 30.5. The lowest BCUT2D eigenvalue weighted by molar-refractivity contribution is 0.606. The van der Waals surface area contributed by atoms with Crippen LogP contribution >= 0.6 is 0 Å². The van der Waals surface area contributed by atoms with Gasteiger partial charge in [-0.05, 0) is 101 Å². The van der Waals surface area contributed by atoms with Crippen molar-refractivity contribution in [3.63, 3.8) is 0 Å². The molecule has 0 aromatic heterocycles. The number of anilines is 6. The van der Waals surface area contributed by atoms with Crippen LogP contribution in [0.5, 0.6) is 0 Å². The standard InChI is InChI=1S/C50H37BN2/c1-49(2)36-19-11-17-30-21-34-23-32(28-13-7-5-8-14-28)25-40-45(34)52(43(30)36)47-38(49)27-39-48-42(47)51(40)41-26-33(29-15-9-6-10-16-29)24-35-22-31-18-12-20-37(50(39,3)4)44(31)53(48)46(35)41/h5-20,23-27H,21-22H2,1-4H3. The van der Waals surface area contributed by atoms with E-state index in [0.717, 1.165) is 12.8 Å². The molecule has 0 aliphatic carbocycles. The van der Waals surface area contributed by atoms with Crippen molar-refractivity contribution < 1.29 is 0 Å². The van der Waals surface area contributed by atoms with E-state index in [4.69, 9.17) is 0 Å². The molecule has 3 heteroatoms. The van der Waals surface area contributed by atoms with Crippen molar-refractivity contribution in [3.05, 3.63) is 172 Å². The molecule has 0 bridgehead atoms. The maximum atomic E-state index is 2.74. The molecule has 0 unspecified atom stereocenters. The SMILES string of the molecule is CC1(C)c2cccc3c2N2c4c(cc(-c5ccccc5)cc4B4c5cc(-c6ccccc6)cc6c5N5c7c(cccc7C(C)(C)c7cc1c2c4c75)C6)C3. The van der Waals surface area contributed by atoms with Gasteiger partial charge in [-0.15, -0.1) is 0 Å². The first-order chi connectivity index (χ1) is 25.8. The van der Waals surface area contributed by atoms with Crippen LogP contribution in [-0.4, -0.2) is 6.71 Å². The Morgan fingerprint density at radius 2 is 0.849 bits per heavy atom. The Balaban J connectivity index is 1.24. The van der Waals surface area contributed by atoms with Gasteiger partial charge in [-0.2, -0.15) is 0 Å². The molecule has 0 fully saturated rings. The van der Waals surface area contributed by atoms with Crippen LogP contribution in [0.4, 0.5) is 34.1 Å². The smallest absolute Gasteiger partial charge is 0.252 e. The van der Waals surface area contributed by atoms with Crippen LogP contribution < -0.4 is 26.2 Å². The number of hydrogen-bond acceptors (Lipinski definition) is 2. The summed E-state index contributed by atoms with van der Waals surface area (Å²) in [5.74, 6) is 0. The third kappa shape index (κ3) is 3.27. The Kier molecular flexibility index (Phi) is 5.00. The van der Waals surface area contributed by atoms with E-state index in [1.807, 2.05) is 0 Å². The zero-order chi connectivity index (χ0) is 35.1. The minimum Gasteiger partial charge on any atom is -0.310 e. The number of nitrogens with zero attached hydrogens (tertiary/aromatic N) is 2. The normalized spacial score (nSPS) is 17.1. The van der Waals surface area contributed by atoms with Crippen LogP contribution in [0.15, 0.2) is 127 Å². The summed E-state index contributed by atoms with van der Waals surface area (Å²) in [6, 6.07) is 49.1. The van der Waals surface area contributed by atoms with E-state index in [0.29, 0.717) is 0 Å². The molecule has 0 spiro atoms. The topological polar surface area (TPSA) is 6.48 Å². The van der Waals surface area contributed by atoms with Crippen LogP contribution in [0.3, 0.4) is 0 Å². The lowest BCUT2D eigenvalue weighted by atomic mass is 9.31. The van der Waals surface area contributed by atoms with Crippen LogP contribution in [0.25, 0.3) is 22.3 Å². The molecule has 2 nitrogen and oxygen atoms in total. The molecule has 0 saturated heterocycles. The Bertz CT molecular complexity index is 2660. The molecule has 6 aliphatic rings. The first-order valence-corrected chi connectivity index (χ1v) is 19.3. The summed E-state index contributed by atoms with van der Waals surface area (Å²) in [5, 5.41) is 0. The molecule has 0 N–H and O–H groups in total. The summed E-state index contributed by atoms with van der Waals surface area (Å²) in [5.41, 5.74) is 29.3. The van der Waals surface area contributed by atoms with Gasteiger partial charge in [0.05, 0.1) is 11.4 Å². The lowest BCUT2D eigenvalue weighted by Crippen LogP contribution is -2.64. The van der Waals surface area contributed by atoms with Crippen LogP contribution in [0.1, 0.15) is 72.2 Å². The van der Waals surface area contributed by atoms with E-state index in [2.05, 4.69) is 165 Å². The molecule has 250 valence electrons. The fourth-order valence-corrected chi connectivity index (χ4v) is 11.5. The first kappa shape index (κ1) is 28.8. The van der Waals surface area contributed by atoms with E-state index in [9.17, 15) is 0 Å². The van der Waals surface area contributed by atoms with Crippen molar-refractivity contribution in [3.8, 4) is 22.3 Å². The number of fused-ring (bicyclic) bond motifs is 2. The molecule has 0 atom stereocenters. The van der Waals surface area contributed by atoms with Gasteiger partial charge in [0, 0.05) is 46.4 Å². The number of hydrogen-bond donors (Lipinski definition) is 0. The molecular weight excluding hydrogens is 639 g/mol. The van der Waals surface area contributed by atoms with Crippen molar-refractivity contribution >= 4 is 57.2 Å². The van der Waals surface area contributed by atoms with Gasteiger partial charge in [0.2, 0.25) is 0 Å². The van der Waals surface area contributed by atoms with Gasteiger partial charge in [-0.25, -0.2) is 0 Å². The highest BCUT2D eigenvalue weighted by molar-refractivity contribution is 7.00. The predicted octanol–water partition coefficient (Wildman–Crippen LogP) is 10.2. The highest BCUT2D eigenvalue weighted by atomic mass is 15.2. The third-order valence-electron chi connectivity index (χ3n) is 13.9. The van der Waals surface area contributed by atoms with E-state index in [1.165, 1.54) is 117 Å². The molecular formula is C50H37BN2. The van der Waals surface area contributed by atoms with Gasteiger partial charge in [0.15, 0.2) is 0 Å². The Morgan fingerprint density at radius 1 is 0.396 bits per heavy atom. The lowest BCUT2D eigenvalue weighted by Gasteiger charge is -2.56. The fourth-order valence-electron chi connectivity index (χ4n) is 11.5. The van der Waals surface area contributed by atoms with Crippen molar-refractivity contribution in [2.24, 2.45) is 0 Å². The molecule has 7 aromatic carbocycles. The molecule has 0 amide bonds. The third-order valence-corrected chi connectivity index (χ3v) is 13.9. The van der Waals surface area contributed by atoms with Gasteiger partial charge >= 0.3 is 0 Å². The van der Waals surface area contributed by atoms with E-state index >= 15 is 0 Å². The molecule has 0 radical (unpaired) electrons. The maximum Gasteiger partial charge on any atom is 0.252 e. The van der Waals surface area contributed by atoms with Gasteiger partial charge in [0.1, 0.15) is 0 Å². The van der Waals surface area contributed by atoms with Crippen molar-refractivity contribution in [1.82, 2.24) is 0 Å². The Labute approximate surface area is 311 Å². The predicted molar refractivity (Wildman–Crippen MR) is 221 cm³/mol. The molecule has 13 rings (SSSR count). The Hall–Kier alpha value is -5.80.